The van der Waals surface area contributed by atoms with Crippen LogP contribution in [0.3, 0.4) is 0 Å². The summed E-state index contributed by atoms with van der Waals surface area (Å²) in [5.74, 6) is 0.726. The van der Waals surface area contributed by atoms with E-state index in [2.05, 4.69) is 195 Å². The molecule has 10 rings (SSSR count). The van der Waals surface area contributed by atoms with E-state index in [0.717, 1.165) is 39.6 Å². The quantitative estimate of drug-likeness (QED) is 0.180. The Bertz CT molecular complexity index is 2930. The Morgan fingerprint density at radius 3 is 1.41 bits per heavy atom. The van der Waals surface area contributed by atoms with Crippen LogP contribution < -0.4 is 0 Å². The topological polar surface area (TPSA) is 35.6 Å². The number of benzene rings is 7. The smallest absolute Gasteiger partial charge is 0.160 e. The second kappa shape index (κ2) is 12.4. The maximum Gasteiger partial charge on any atom is 0.160 e. The van der Waals surface area contributed by atoms with Gasteiger partial charge in [0.1, 0.15) is 0 Å². The summed E-state index contributed by atoms with van der Waals surface area (Å²) in [4.78, 5) is 10.3. The van der Waals surface area contributed by atoms with Crippen LogP contribution in [0.4, 0.5) is 0 Å². The minimum atomic E-state index is 0.726. The van der Waals surface area contributed by atoms with Crippen LogP contribution in [-0.4, -0.2) is 19.1 Å². The molecule has 0 N–H and O–H groups in total. The van der Waals surface area contributed by atoms with Crippen molar-refractivity contribution in [3.8, 4) is 45.3 Å². The van der Waals surface area contributed by atoms with Crippen molar-refractivity contribution in [2.24, 2.45) is 0 Å². The van der Waals surface area contributed by atoms with Gasteiger partial charge < -0.3 is 9.13 Å². The van der Waals surface area contributed by atoms with Crippen molar-refractivity contribution in [3.63, 3.8) is 0 Å². The number of nitrogens with zero attached hydrogens (tertiary/aromatic N) is 4. The third kappa shape index (κ3) is 5.14. The van der Waals surface area contributed by atoms with E-state index in [9.17, 15) is 0 Å². The summed E-state index contributed by atoms with van der Waals surface area (Å²) in [6.45, 7) is 8.67. The molecule has 54 heavy (non-hydrogen) atoms. The molecule has 258 valence electrons. The molecule has 0 unspecified atom stereocenters. The first-order chi connectivity index (χ1) is 26.4. The molecule has 3 heterocycles. The van der Waals surface area contributed by atoms with Crippen LogP contribution in [0.15, 0.2) is 158 Å². The van der Waals surface area contributed by atoms with E-state index in [1.807, 2.05) is 0 Å². The van der Waals surface area contributed by atoms with E-state index >= 15 is 0 Å². The Balaban J connectivity index is 1.14. The lowest BCUT2D eigenvalue weighted by molar-refractivity contribution is 1.11. The van der Waals surface area contributed by atoms with E-state index < -0.39 is 0 Å². The summed E-state index contributed by atoms with van der Waals surface area (Å²) in [6.07, 6.45) is 0. The van der Waals surface area contributed by atoms with Gasteiger partial charge in [-0.3, -0.25) is 0 Å². The number of aryl methyl sites for hydroxylation is 4. The van der Waals surface area contributed by atoms with Crippen LogP contribution in [0.5, 0.6) is 0 Å². The maximum absolute atomic E-state index is 5.18. The van der Waals surface area contributed by atoms with Gasteiger partial charge in [0, 0.05) is 43.9 Å². The van der Waals surface area contributed by atoms with E-state index in [0.29, 0.717) is 0 Å². The fourth-order valence-corrected chi connectivity index (χ4v) is 8.30. The predicted molar refractivity (Wildman–Crippen MR) is 226 cm³/mol. The highest BCUT2D eigenvalue weighted by Crippen LogP contribution is 2.39. The second-order valence-corrected chi connectivity index (χ2v) is 14.6. The van der Waals surface area contributed by atoms with Gasteiger partial charge >= 0.3 is 0 Å². The van der Waals surface area contributed by atoms with Gasteiger partial charge in [-0.05, 0) is 93.4 Å². The number of aromatic nitrogens is 4. The van der Waals surface area contributed by atoms with Gasteiger partial charge in [-0.1, -0.05) is 114 Å². The average Bonchev–Trinajstić information content (AvgIpc) is 3.71. The first-order valence-electron chi connectivity index (χ1n) is 18.6. The standard InChI is InChI=1S/C50H38N4/c1-31-17-21-35(22-18-31)43-30-44(52-50(51-43)36-23-19-32(2)20-24-36)37-27-33(3)49(34(4)28-37)54-47-16-10-7-13-41(47)42-29-38(25-26-48(42)54)53-45-14-8-5-11-39(45)40-12-6-9-15-46(40)53/h5-30H,1-4H3. The van der Waals surface area contributed by atoms with E-state index in [4.69, 9.17) is 9.97 Å². The minimum Gasteiger partial charge on any atom is -0.309 e. The van der Waals surface area contributed by atoms with Crippen molar-refractivity contribution in [1.29, 1.82) is 0 Å². The molecule has 4 heteroatoms. The molecule has 0 atom stereocenters. The molecule has 0 bridgehead atoms. The zero-order valence-corrected chi connectivity index (χ0v) is 30.8. The molecular weight excluding hydrogens is 657 g/mol. The van der Waals surface area contributed by atoms with Crippen LogP contribution in [0.1, 0.15) is 22.3 Å². The fraction of sp³-hybridized carbons (Fsp3) is 0.0800. The van der Waals surface area contributed by atoms with Crippen LogP contribution in [0.25, 0.3) is 88.9 Å². The van der Waals surface area contributed by atoms with E-state index in [1.165, 1.54) is 71.6 Å². The summed E-state index contributed by atoms with van der Waals surface area (Å²) in [7, 11) is 0. The highest BCUT2D eigenvalue weighted by atomic mass is 15.0. The van der Waals surface area contributed by atoms with Gasteiger partial charge in [-0.2, -0.15) is 0 Å². The Morgan fingerprint density at radius 1 is 0.370 bits per heavy atom. The fourth-order valence-electron chi connectivity index (χ4n) is 8.30. The Hall–Kier alpha value is -6.78. The number of fused-ring (bicyclic) bond motifs is 6. The van der Waals surface area contributed by atoms with Crippen molar-refractivity contribution >= 4 is 43.6 Å². The van der Waals surface area contributed by atoms with Gasteiger partial charge in [-0.25, -0.2) is 9.97 Å². The van der Waals surface area contributed by atoms with Gasteiger partial charge in [0.15, 0.2) is 5.82 Å². The normalized spacial score (nSPS) is 11.7. The molecule has 0 aliphatic rings. The molecule has 4 nitrogen and oxygen atoms in total. The number of para-hydroxylation sites is 3. The molecule has 0 aliphatic carbocycles. The first-order valence-corrected chi connectivity index (χ1v) is 18.6. The van der Waals surface area contributed by atoms with Crippen molar-refractivity contribution < 1.29 is 0 Å². The van der Waals surface area contributed by atoms with E-state index in [-0.39, 0.29) is 0 Å². The summed E-state index contributed by atoms with van der Waals surface area (Å²) in [6, 6.07) is 56.9. The zero-order valence-electron chi connectivity index (χ0n) is 30.8. The summed E-state index contributed by atoms with van der Waals surface area (Å²) in [5.41, 5.74) is 16.9. The highest BCUT2D eigenvalue weighted by molar-refractivity contribution is 6.12. The molecule has 0 aliphatic heterocycles. The van der Waals surface area contributed by atoms with Gasteiger partial charge in [0.05, 0.1) is 39.1 Å². The Kier molecular flexibility index (Phi) is 7.34. The third-order valence-electron chi connectivity index (χ3n) is 10.9. The third-order valence-corrected chi connectivity index (χ3v) is 10.9. The molecule has 0 spiro atoms. The maximum atomic E-state index is 5.18. The minimum absolute atomic E-state index is 0.726. The summed E-state index contributed by atoms with van der Waals surface area (Å²) in [5, 5.41) is 5.00. The van der Waals surface area contributed by atoms with Gasteiger partial charge in [0.25, 0.3) is 0 Å². The van der Waals surface area contributed by atoms with Gasteiger partial charge in [0.2, 0.25) is 0 Å². The Morgan fingerprint density at radius 2 is 0.833 bits per heavy atom. The van der Waals surface area contributed by atoms with Crippen LogP contribution >= 0.6 is 0 Å². The lowest BCUT2D eigenvalue weighted by atomic mass is 10.00. The second-order valence-electron chi connectivity index (χ2n) is 14.6. The molecule has 0 saturated carbocycles. The number of hydrogen-bond acceptors (Lipinski definition) is 2. The summed E-state index contributed by atoms with van der Waals surface area (Å²) < 4.78 is 4.85. The Labute approximate surface area is 314 Å². The van der Waals surface area contributed by atoms with Crippen LogP contribution in [0.2, 0.25) is 0 Å². The van der Waals surface area contributed by atoms with Crippen LogP contribution in [0, 0.1) is 27.7 Å². The van der Waals surface area contributed by atoms with Crippen molar-refractivity contribution in [1.82, 2.24) is 19.1 Å². The molecular formula is C50H38N4. The molecule has 0 amide bonds. The number of rotatable bonds is 5. The molecule has 10 aromatic rings. The highest BCUT2D eigenvalue weighted by Gasteiger charge is 2.20. The van der Waals surface area contributed by atoms with E-state index in [1.54, 1.807) is 0 Å². The van der Waals surface area contributed by atoms with Crippen molar-refractivity contribution in [2.45, 2.75) is 27.7 Å². The molecule has 0 saturated heterocycles. The lowest BCUT2D eigenvalue weighted by Crippen LogP contribution is -2.02. The molecule has 3 aromatic heterocycles. The van der Waals surface area contributed by atoms with Crippen molar-refractivity contribution in [3.05, 3.63) is 180 Å². The molecule has 7 aromatic carbocycles. The largest absolute Gasteiger partial charge is 0.309 e. The first kappa shape index (κ1) is 31.9. The molecule has 0 fully saturated rings. The predicted octanol–water partition coefficient (Wildman–Crippen LogP) is 12.9. The lowest BCUT2D eigenvalue weighted by Gasteiger charge is -2.17. The monoisotopic (exact) mass is 694 g/mol. The number of hydrogen-bond donors (Lipinski definition) is 0. The molecule has 0 radical (unpaired) electrons. The summed E-state index contributed by atoms with van der Waals surface area (Å²) >= 11 is 0. The zero-order chi connectivity index (χ0) is 36.5. The average molecular weight is 695 g/mol. The SMILES string of the molecule is Cc1ccc(-c2cc(-c3cc(C)c(-n4c5ccccc5c5cc(-n6c7ccccc7c7ccccc76)ccc54)c(C)c3)nc(-c3ccc(C)cc3)n2)cc1. The van der Waals surface area contributed by atoms with Gasteiger partial charge in [-0.15, -0.1) is 0 Å². The van der Waals surface area contributed by atoms with Crippen LogP contribution in [-0.2, 0) is 0 Å². The van der Waals surface area contributed by atoms with Crippen molar-refractivity contribution in [2.75, 3.05) is 0 Å².